The van der Waals surface area contributed by atoms with Crippen LogP contribution in [0.5, 0.6) is 0 Å². The lowest BCUT2D eigenvalue weighted by molar-refractivity contribution is -0.121. The standard InChI is InChI=1S/C17H22N2O4/c1-4-19(11-15(20)18-3)10-13-12-8-6-7-9-14(12)23-16(13)17(21)22-5-2/h6-9H,4-5,10-11H2,1-3H3,(H,18,20). The fourth-order valence-electron chi connectivity index (χ4n) is 2.40. The lowest BCUT2D eigenvalue weighted by Crippen LogP contribution is -2.35. The van der Waals surface area contributed by atoms with E-state index in [1.165, 1.54) is 0 Å². The maximum absolute atomic E-state index is 12.2. The number of carbonyl (C=O) groups is 2. The highest BCUT2D eigenvalue weighted by atomic mass is 16.5. The number of nitrogens with one attached hydrogen (secondary N) is 1. The third kappa shape index (κ3) is 3.90. The largest absolute Gasteiger partial charge is 0.460 e. The lowest BCUT2D eigenvalue weighted by atomic mass is 10.1. The molecule has 0 saturated heterocycles. The maximum Gasteiger partial charge on any atom is 0.374 e. The Kier molecular flexibility index (Phi) is 5.76. The first-order chi connectivity index (χ1) is 11.1. The predicted octanol–water partition coefficient (Wildman–Crippen LogP) is 2.18. The third-order valence-corrected chi connectivity index (χ3v) is 3.63. The summed E-state index contributed by atoms with van der Waals surface area (Å²) < 4.78 is 10.8. The van der Waals surface area contributed by atoms with Crippen molar-refractivity contribution in [2.24, 2.45) is 0 Å². The van der Waals surface area contributed by atoms with Crippen LogP contribution in [0.25, 0.3) is 11.0 Å². The van der Waals surface area contributed by atoms with Gasteiger partial charge in [0.05, 0.1) is 13.2 Å². The van der Waals surface area contributed by atoms with Gasteiger partial charge in [-0.3, -0.25) is 9.69 Å². The molecular weight excluding hydrogens is 296 g/mol. The van der Waals surface area contributed by atoms with E-state index < -0.39 is 5.97 Å². The van der Waals surface area contributed by atoms with Gasteiger partial charge in [0.1, 0.15) is 5.58 Å². The number of esters is 1. The van der Waals surface area contributed by atoms with E-state index in [9.17, 15) is 9.59 Å². The molecule has 0 fully saturated rings. The summed E-state index contributed by atoms with van der Waals surface area (Å²) in [5, 5.41) is 3.48. The van der Waals surface area contributed by atoms with Gasteiger partial charge < -0.3 is 14.5 Å². The first-order valence-corrected chi connectivity index (χ1v) is 7.71. The average Bonchev–Trinajstić information content (AvgIpc) is 2.93. The molecule has 1 heterocycles. The van der Waals surface area contributed by atoms with Crippen molar-refractivity contribution in [3.05, 3.63) is 35.6 Å². The summed E-state index contributed by atoms with van der Waals surface area (Å²) in [5.41, 5.74) is 1.39. The van der Waals surface area contributed by atoms with Gasteiger partial charge in [-0.2, -0.15) is 0 Å². The minimum absolute atomic E-state index is 0.0719. The van der Waals surface area contributed by atoms with Crippen LogP contribution in [0.2, 0.25) is 0 Å². The summed E-state index contributed by atoms with van der Waals surface area (Å²) in [6.45, 7) is 5.38. The van der Waals surface area contributed by atoms with Gasteiger partial charge in [0, 0.05) is 24.5 Å². The van der Waals surface area contributed by atoms with Crippen LogP contribution in [0.1, 0.15) is 30.0 Å². The molecular formula is C17H22N2O4. The van der Waals surface area contributed by atoms with Gasteiger partial charge in [-0.05, 0) is 19.5 Å². The maximum atomic E-state index is 12.2. The van der Waals surface area contributed by atoms with Crippen molar-refractivity contribution >= 4 is 22.8 Å². The van der Waals surface area contributed by atoms with E-state index in [1.807, 2.05) is 36.1 Å². The molecule has 2 rings (SSSR count). The van der Waals surface area contributed by atoms with E-state index in [-0.39, 0.29) is 24.8 Å². The van der Waals surface area contributed by atoms with E-state index in [1.54, 1.807) is 14.0 Å². The highest BCUT2D eigenvalue weighted by molar-refractivity contribution is 5.96. The molecule has 1 aromatic heterocycles. The first kappa shape index (κ1) is 17.0. The van der Waals surface area contributed by atoms with E-state index >= 15 is 0 Å². The number of fused-ring (bicyclic) bond motifs is 1. The number of carbonyl (C=O) groups excluding carboxylic acids is 2. The Morgan fingerprint density at radius 1 is 1.26 bits per heavy atom. The summed E-state index contributed by atoms with van der Waals surface area (Å²) >= 11 is 0. The van der Waals surface area contributed by atoms with Crippen molar-refractivity contribution in [1.82, 2.24) is 10.2 Å². The molecule has 0 aliphatic carbocycles. The van der Waals surface area contributed by atoms with Gasteiger partial charge in [0.2, 0.25) is 11.7 Å². The zero-order valence-electron chi connectivity index (χ0n) is 13.7. The second-order valence-electron chi connectivity index (χ2n) is 5.10. The second kappa shape index (κ2) is 7.78. The number of nitrogens with zero attached hydrogens (tertiary/aromatic N) is 1. The average molecular weight is 318 g/mol. The number of benzene rings is 1. The number of furan rings is 1. The van der Waals surface area contributed by atoms with Gasteiger partial charge >= 0.3 is 5.97 Å². The summed E-state index contributed by atoms with van der Waals surface area (Å²) in [7, 11) is 1.60. The first-order valence-electron chi connectivity index (χ1n) is 7.71. The quantitative estimate of drug-likeness (QED) is 0.792. The molecule has 23 heavy (non-hydrogen) atoms. The van der Waals surface area contributed by atoms with Crippen molar-refractivity contribution in [2.75, 3.05) is 26.7 Å². The highest BCUT2D eigenvalue weighted by Gasteiger charge is 2.23. The Morgan fingerprint density at radius 3 is 2.65 bits per heavy atom. The SMILES string of the molecule is CCOC(=O)c1oc2ccccc2c1CN(CC)CC(=O)NC. The van der Waals surface area contributed by atoms with Crippen LogP contribution >= 0.6 is 0 Å². The van der Waals surface area contributed by atoms with Crippen LogP contribution in [0, 0.1) is 0 Å². The van der Waals surface area contributed by atoms with Crippen LogP contribution < -0.4 is 5.32 Å². The zero-order chi connectivity index (χ0) is 16.8. The Labute approximate surface area is 135 Å². The van der Waals surface area contributed by atoms with E-state index in [0.717, 1.165) is 10.9 Å². The van der Waals surface area contributed by atoms with Gasteiger partial charge in [-0.1, -0.05) is 25.1 Å². The normalized spacial score (nSPS) is 11.0. The summed E-state index contributed by atoms with van der Waals surface area (Å²) in [4.78, 5) is 25.7. The van der Waals surface area contributed by atoms with Gasteiger partial charge in [-0.25, -0.2) is 4.79 Å². The number of para-hydroxylation sites is 1. The molecule has 0 atom stereocenters. The topological polar surface area (TPSA) is 71.8 Å². The number of likely N-dealkylation sites (N-methyl/N-ethyl adjacent to an activating group) is 2. The van der Waals surface area contributed by atoms with Crippen molar-refractivity contribution < 1.29 is 18.7 Å². The van der Waals surface area contributed by atoms with Crippen LogP contribution in [0.4, 0.5) is 0 Å². The Balaban J connectivity index is 2.38. The molecule has 0 spiro atoms. The van der Waals surface area contributed by atoms with Crippen LogP contribution in [-0.2, 0) is 16.1 Å². The molecule has 2 aromatic rings. The number of hydrogen-bond acceptors (Lipinski definition) is 5. The highest BCUT2D eigenvalue weighted by Crippen LogP contribution is 2.27. The van der Waals surface area contributed by atoms with Crippen LogP contribution in [-0.4, -0.2) is 43.5 Å². The minimum atomic E-state index is -0.477. The molecule has 0 saturated carbocycles. The van der Waals surface area contributed by atoms with Crippen LogP contribution in [0.15, 0.2) is 28.7 Å². The smallest absolute Gasteiger partial charge is 0.374 e. The third-order valence-electron chi connectivity index (χ3n) is 3.63. The minimum Gasteiger partial charge on any atom is -0.460 e. The summed E-state index contributed by atoms with van der Waals surface area (Å²) in [6, 6.07) is 7.47. The zero-order valence-corrected chi connectivity index (χ0v) is 13.7. The number of amides is 1. The Hall–Kier alpha value is -2.34. The van der Waals surface area contributed by atoms with Crippen molar-refractivity contribution in [2.45, 2.75) is 20.4 Å². The van der Waals surface area contributed by atoms with Crippen LogP contribution in [0.3, 0.4) is 0 Å². The fraction of sp³-hybridized carbons (Fsp3) is 0.412. The number of ether oxygens (including phenoxy) is 1. The fourth-order valence-corrected chi connectivity index (χ4v) is 2.40. The molecule has 6 heteroatoms. The van der Waals surface area contributed by atoms with E-state index in [0.29, 0.717) is 18.7 Å². The molecule has 0 bridgehead atoms. The number of hydrogen-bond donors (Lipinski definition) is 1. The second-order valence-corrected chi connectivity index (χ2v) is 5.10. The Bertz CT molecular complexity index is 693. The molecule has 1 N–H and O–H groups in total. The molecule has 0 aliphatic rings. The predicted molar refractivity (Wildman–Crippen MR) is 87.2 cm³/mol. The van der Waals surface area contributed by atoms with Crippen molar-refractivity contribution in [3.8, 4) is 0 Å². The monoisotopic (exact) mass is 318 g/mol. The molecule has 6 nitrogen and oxygen atoms in total. The van der Waals surface area contributed by atoms with Gasteiger partial charge in [0.15, 0.2) is 0 Å². The van der Waals surface area contributed by atoms with Crippen molar-refractivity contribution in [1.29, 1.82) is 0 Å². The number of rotatable bonds is 7. The molecule has 0 aliphatic heterocycles. The van der Waals surface area contributed by atoms with Crippen molar-refractivity contribution in [3.63, 3.8) is 0 Å². The van der Waals surface area contributed by atoms with E-state index in [2.05, 4.69) is 5.32 Å². The summed E-state index contributed by atoms with van der Waals surface area (Å²) in [5.74, 6) is -0.338. The van der Waals surface area contributed by atoms with Gasteiger partial charge in [0.25, 0.3) is 0 Å². The Morgan fingerprint density at radius 2 is 2.00 bits per heavy atom. The molecule has 124 valence electrons. The lowest BCUT2D eigenvalue weighted by Gasteiger charge is -2.19. The van der Waals surface area contributed by atoms with E-state index in [4.69, 9.17) is 9.15 Å². The molecule has 1 amide bonds. The molecule has 0 unspecified atom stereocenters. The summed E-state index contributed by atoms with van der Waals surface area (Å²) in [6.07, 6.45) is 0. The molecule has 1 aromatic carbocycles. The van der Waals surface area contributed by atoms with Gasteiger partial charge in [-0.15, -0.1) is 0 Å². The molecule has 0 radical (unpaired) electrons.